The van der Waals surface area contributed by atoms with Gasteiger partial charge in [-0.05, 0) is 6.92 Å². The van der Waals surface area contributed by atoms with E-state index in [1.807, 2.05) is 0 Å². The zero-order valence-corrected chi connectivity index (χ0v) is 7.38. The highest BCUT2D eigenvalue weighted by atomic mass is 16.6. The summed E-state index contributed by atoms with van der Waals surface area (Å²) in [4.78, 5) is 12.6. The molecule has 1 amide bonds. The van der Waals surface area contributed by atoms with Gasteiger partial charge in [0, 0.05) is 6.54 Å². The Morgan fingerprint density at radius 3 is 3.08 bits per heavy atom. The molecular formula is C8H12N2O3. The molecule has 0 radical (unpaired) electrons. The minimum Gasteiger partial charge on any atom is -0.444 e. The van der Waals surface area contributed by atoms with Crippen molar-refractivity contribution in [3.05, 3.63) is 12.7 Å². The van der Waals surface area contributed by atoms with Gasteiger partial charge in [-0.15, -0.1) is 6.58 Å². The number of oxime groups is 1. The van der Waals surface area contributed by atoms with E-state index in [1.165, 1.54) is 11.1 Å². The second-order valence-electron chi connectivity index (χ2n) is 2.79. The molecule has 1 aliphatic rings. The highest BCUT2D eigenvalue weighted by Crippen LogP contribution is 2.17. The summed E-state index contributed by atoms with van der Waals surface area (Å²) in [6.45, 7) is 5.65. The Kier molecular flexibility index (Phi) is 2.89. The third-order valence-corrected chi connectivity index (χ3v) is 1.91. The summed E-state index contributed by atoms with van der Waals surface area (Å²) in [5.41, 5.74) is 0. The molecule has 0 aliphatic carbocycles. The molecule has 72 valence electrons. The second-order valence-corrected chi connectivity index (χ2v) is 2.79. The first-order valence-electron chi connectivity index (χ1n) is 3.96. The van der Waals surface area contributed by atoms with Crippen molar-refractivity contribution in [2.75, 3.05) is 6.54 Å². The molecule has 0 saturated carbocycles. The molecule has 5 nitrogen and oxygen atoms in total. The summed E-state index contributed by atoms with van der Waals surface area (Å²) in [6, 6.07) is -0.310. The summed E-state index contributed by atoms with van der Waals surface area (Å²) < 4.78 is 4.93. The van der Waals surface area contributed by atoms with E-state index in [0.717, 1.165) is 0 Å². The van der Waals surface area contributed by atoms with Crippen molar-refractivity contribution in [1.82, 2.24) is 4.90 Å². The molecule has 1 fully saturated rings. The maximum absolute atomic E-state index is 11.2. The molecule has 1 heterocycles. The van der Waals surface area contributed by atoms with Crippen LogP contribution in [0.15, 0.2) is 17.8 Å². The Morgan fingerprint density at radius 1 is 1.85 bits per heavy atom. The number of hydrogen-bond acceptors (Lipinski definition) is 4. The maximum Gasteiger partial charge on any atom is 0.411 e. The van der Waals surface area contributed by atoms with E-state index < -0.39 is 6.09 Å². The monoisotopic (exact) mass is 184 g/mol. The Bertz CT molecular complexity index is 240. The van der Waals surface area contributed by atoms with Crippen LogP contribution in [0.5, 0.6) is 0 Å². The molecule has 0 spiro atoms. The van der Waals surface area contributed by atoms with Crippen LogP contribution in [0.1, 0.15) is 6.92 Å². The average Bonchev–Trinajstić information content (AvgIpc) is 2.33. The van der Waals surface area contributed by atoms with Gasteiger partial charge >= 0.3 is 6.09 Å². The first-order valence-corrected chi connectivity index (χ1v) is 3.96. The van der Waals surface area contributed by atoms with Crippen molar-refractivity contribution in [2.24, 2.45) is 5.16 Å². The zero-order valence-electron chi connectivity index (χ0n) is 7.38. The summed E-state index contributed by atoms with van der Waals surface area (Å²) in [6.07, 6.45) is 2.18. The SMILES string of the molecule is C=CCN1C(=O)O[C@H](C)[C@H]1/C=N/O. The van der Waals surface area contributed by atoms with E-state index in [9.17, 15) is 4.79 Å². The number of carbonyl (C=O) groups excluding carboxylic acids is 1. The van der Waals surface area contributed by atoms with Crippen LogP contribution in [-0.4, -0.2) is 41.1 Å². The van der Waals surface area contributed by atoms with Crippen LogP contribution in [0, 0.1) is 0 Å². The van der Waals surface area contributed by atoms with E-state index in [2.05, 4.69) is 11.7 Å². The molecule has 0 unspecified atom stereocenters. The fraction of sp³-hybridized carbons (Fsp3) is 0.500. The van der Waals surface area contributed by atoms with Gasteiger partial charge in [0.15, 0.2) is 0 Å². The molecule has 0 aromatic rings. The molecule has 1 rings (SSSR count). The highest BCUT2D eigenvalue weighted by Gasteiger charge is 2.37. The van der Waals surface area contributed by atoms with Crippen LogP contribution in [-0.2, 0) is 4.74 Å². The van der Waals surface area contributed by atoms with Crippen LogP contribution in [0.3, 0.4) is 0 Å². The predicted molar refractivity (Wildman–Crippen MR) is 46.9 cm³/mol. The number of cyclic esters (lactones) is 1. The topological polar surface area (TPSA) is 62.1 Å². The fourth-order valence-corrected chi connectivity index (χ4v) is 1.28. The molecule has 1 saturated heterocycles. The lowest BCUT2D eigenvalue weighted by molar-refractivity contribution is 0.139. The standard InChI is InChI=1S/C8H12N2O3/c1-3-4-10-7(5-9-12)6(2)13-8(10)11/h3,5-7,12H,1,4H2,2H3/b9-5+/t6-,7-/m1/s1. The van der Waals surface area contributed by atoms with Gasteiger partial charge in [0.1, 0.15) is 12.1 Å². The molecule has 0 bridgehead atoms. The number of rotatable bonds is 3. The molecular weight excluding hydrogens is 172 g/mol. The minimum atomic E-state index is -0.405. The van der Waals surface area contributed by atoms with Crippen molar-refractivity contribution >= 4 is 12.3 Å². The molecule has 1 aliphatic heterocycles. The first-order chi connectivity index (χ1) is 6.20. The second kappa shape index (κ2) is 3.93. The van der Waals surface area contributed by atoms with Gasteiger partial charge in [0.2, 0.25) is 0 Å². The van der Waals surface area contributed by atoms with Crippen molar-refractivity contribution in [3.63, 3.8) is 0 Å². The Labute approximate surface area is 76.3 Å². The number of carbonyl (C=O) groups is 1. The molecule has 2 atom stereocenters. The van der Waals surface area contributed by atoms with Gasteiger partial charge in [-0.2, -0.15) is 0 Å². The lowest BCUT2D eigenvalue weighted by Crippen LogP contribution is -2.37. The summed E-state index contributed by atoms with van der Waals surface area (Å²) in [5.74, 6) is 0. The van der Waals surface area contributed by atoms with Gasteiger partial charge in [-0.3, -0.25) is 4.90 Å². The summed E-state index contributed by atoms with van der Waals surface area (Å²) in [5, 5.41) is 11.3. The van der Waals surface area contributed by atoms with Gasteiger partial charge in [0.05, 0.1) is 6.21 Å². The molecule has 0 aromatic carbocycles. The van der Waals surface area contributed by atoms with E-state index in [0.29, 0.717) is 6.54 Å². The number of hydrogen-bond donors (Lipinski definition) is 1. The minimum absolute atomic E-state index is 0.289. The van der Waals surface area contributed by atoms with E-state index in [-0.39, 0.29) is 12.1 Å². The van der Waals surface area contributed by atoms with Crippen LogP contribution in [0.25, 0.3) is 0 Å². The normalized spacial score (nSPS) is 28.1. The molecule has 13 heavy (non-hydrogen) atoms. The molecule has 1 N–H and O–H groups in total. The largest absolute Gasteiger partial charge is 0.444 e. The zero-order chi connectivity index (χ0) is 9.84. The van der Waals surface area contributed by atoms with Crippen LogP contribution >= 0.6 is 0 Å². The average molecular weight is 184 g/mol. The van der Waals surface area contributed by atoms with Crippen molar-refractivity contribution in [3.8, 4) is 0 Å². The van der Waals surface area contributed by atoms with Crippen molar-refractivity contribution in [1.29, 1.82) is 0 Å². The number of nitrogens with zero attached hydrogens (tertiary/aromatic N) is 2. The Morgan fingerprint density at radius 2 is 2.54 bits per heavy atom. The summed E-state index contributed by atoms with van der Waals surface area (Å²) in [7, 11) is 0. The number of amides is 1. The van der Waals surface area contributed by atoms with E-state index >= 15 is 0 Å². The third-order valence-electron chi connectivity index (χ3n) is 1.91. The quantitative estimate of drug-likeness (QED) is 0.306. The molecule has 0 aromatic heterocycles. The fourth-order valence-electron chi connectivity index (χ4n) is 1.28. The highest BCUT2D eigenvalue weighted by molar-refractivity contribution is 5.79. The third kappa shape index (κ3) is 1.80. The predicted octanol–water partition coefficient (Wildman–Crippen LogP) is 0.842. The van der Waals surface area contributed by atoms with Gasteiger partial charge in [0.25, 0.3) is 0 Å². The van der Waals surface area contributed by atoms with Crippen molar-refractivity contribution < 1.29 is 14.7 Å². The lowest BCUT2D eigenvalue weighted by atomic mass is 10.2. The lowest BCUT2D eigenvalue weighted by Gasteiger charge is -2.16. The van der Waals surface area contributed by atoms with E-state index in [1.54, 1.807) is 13.0 Å². The van der Waals surface area contributed by atoms with E-state index in [4.69, 9.17) is 9.94 Å². The summed E-state index contributed by atoms with van der Waals surface area (Å²) >= 11 is 0. The smallest absolute Gasteiger partial charge is 0.411 e. The number of ether oxygens (including phenoxy) is 1. The molecule has 5 heteroatoms. The van der Waals surface area contributed by atoms with Crippen LogP contribution < -0.4 is 0 Å². The Balaban J connectivity index is 2.76. The van der Waals surface area contributed by atoms with Crippen molar-refractivity contribution in [2.45, 2.75) is 19.1 Å². The van der Waals surface area contributed by atoms with Gasteiger partial charge in [-0.1, -0.05) is 11.2 Å². The van der Waals surface area contributed by atoms with Gasteiger partial charge < -0.3 is 9.94 Å². The first kappa shape index (κ1) is 9.57. The Hall–Kier alpha value is -1.52. The van der Waals surface area contributed by atoms with Crippen LogP contribution in [0.4, 0.5) is 4.79 Å². The van der Waals surface area contributed by atoms with Gasteiger partial charge in [-0.25, -0.2) is 4.79 Å². The maximum atomic E-state index is 11.2. The van der Waals surface area contributed by atoms with Crippen LogP contribution in [0.2, 0.25) is 0 Å².